The number of benzene rings is 1. The van der Waals surface area contributed by atoms with Gasteiger partial charge in [0.15, 0.2) is 0 Å². The Morgan fingerprint density at radius 1 is 1.25 bits per heavy atom. The molecular weight excluding hydrogens is 254 g/mol. The van der Waals surface area contributed by atoms with E-state index in [2.05, 4.69) is 10.6 Å². The lowest BCUT2D eigenvalue weighted by Gasteiger charge is -2.36. The Kier molecular flexibility index (Phi) is 4.84. The Morgan fingerprint density at radius 3 is 2.60 bits per heavy atom. The summed E-state index contributed by atoms with van der Waals surface area (Å²) in [6, 6.07) is 6.87. The van der Waals surface area contributed by atoms with E-state index in [1.54, 1.807) is 6.07 Å². The molecule has 1 fully saturated rings. The van der Waals surface area contributed by atoms with Crippen molar-refractivity contribution in [3.8, 4) is 0 Å². The van der Waals surface area contributed by atoms with Crippen LogP contribution in [-0.2, 0) is 0 Å². The van der Waals surface area contributed by atoms with Crippen LogP contribution in [0, 0.1) is 5.41 Å². The van der Waals surface area contributed by atoms with Crippen LogP contribution >= 0.6 is 0 Å². The minimum absolute atomic E-state index is 0.00856. The van der Waals surface area contributed by atoms with Crippen molar-refractivity contribution in [3.63, 3.8) is 0 Å². The molecule has 1 aromatic carbocycles. The fourth-order valence-corrected chi connectivity index (χ4v) is 2.83. The molecule has 2 rings (SSSR count). The molecule has 2 amide bonds. The van der Waals surface area contributed by atoms with Gasteiger partial charge < -0.3 is 21.5 Å². The summed E-state index contributed by atoms with van der Waals surface area (Å²) in [6.45, 7) is 0.975. The fraction of sp³-hybridized carbons (Fsp3) is 0.533. The van der Waals surface area contributed by atoms with Crippen LogP contribution in [0.15, 0.2) is 24.3 Å². The summed E-state index contributed by atoms with van der Waals surface area (Å²) >= 11 is 0. The van der Waals surface area contributed by atoms with Crippen molar-refractivity contribution in [1.29, 1.82) is 0 Å². The van der Waals surface area contributed by atoms with E-state index >= 15 is 0 Å². The molecule has 0 aliphatic heterocycles. The molecule has 110 valence electrons. The summed E-state index contributed by atoms with van der Waals surface area (Å²) in [6.07, 6.45) is 5.77. The second kappa shape index (κ2) is 6.61. The summed E-state index contributed by atoms with van der Waals surface area (Å²) < 4.78 is 0. The molecular formula is C15H23N3O2. The van der Waals surface area contributed by atoms with Crippen LogP contribution in [0.1, 0.15) is 32.1 Å². The minimum atomic E-state index is -0.568. The van der Waals surface area contributed by atoms with Crippen LogP contribution in [-0.4, -0.2) is 24.3 Å². The predicted molar refractivity (Wildman–Crippen MR) is 80.7 cm³/mol. The van der Waals surface area contributed by atoms with Crippen molar-refractivity contribution in [2.45, 2.75) is 32.1 Å². The van der Waals surface area contributed by atoms with Crippen LogP contribution in [0.2, 0.25) is 0 Å². The van der Waals surface area contributed by atoms with Crippen molar-refractivity contribution in [2.24, 2.45) is 11.1 Å². The van der Waals surface area contributed by atoms with Crippen LogP contribution in [0.5, 0.6) is 0 Å². The quantitative estimate of drug-likeness (QED) is 0.667. The van der Waals surface area contributed by atoms with Crippen molar-refractivity contribution in [3.05, 3.63) is 24.3 Å². The number of hydrogen-bond donors (Lipinski definition) is 4. The summed E-state index contributed by atoms with van der Waals surface area (Å²) in [7, 11) is 0. The number of anilines is 2. The number of aliphatic hydroxyl groups excluding tert-OH is 1. The van der Waals surface area contributed by atoms with Gasteiger partial charge in [-0.05, 0) is 31.0 Å². The van der Waals surface area contributed by atoms with Gasteiger partial charge in [0.25, 0.3) is 0 Å². The van der Waals surface area contributed by atoms with Gasteiger partial charge in [-0.15, -0.1) is 0 Å². The van der Waals surface area contributed by atoms with Crippen molar-refractivity contribution >= 4 is 17.4 Å². The third-order valence-corrected chi connectivity index (χ3v) is 4.05. The third kappa shape index (κ3) is 3.87. The second-order valence-corrected chi connectivity index (χ2v) is 5.64. The van der Waals surface area contributed by atoms with E-state index in [1.807, 2.05) is 18.2 Å². The van der Waals surface area contributed by atoms with Gasteiger partial charge >= 0.3 is 6.03 Å². The van der Waals surface area contributed by atoms with E-state index in [1.165, 1.54) is 19.3 Å². The van der Waals surface area contributed by atoms with Gasteiger partial charge in [0.05, 0.1) is 6.61 Å². The van der Waals surface area contributed by atoms with Crippen molar-refractivity contribution < 1.29 is 9.90 Å². The van der Waals surface area contributed by atoms with Gasteiger partial charge in [0.1, 0.15) is 0 Å². The number of carbonyl (C=O) groups excluding carboxylic acids is 1. The van der Waals surface area contributed by atoms with E-state index in [-0.39, 0.29) is 12.0 Å². The Labute approximate surface area is 119 Å². The first-order valence-corrected chi connectivity index (χ1v) is 7.15. The van der Waals surface area contributed by atoms with Gasteiger partial charge in [0, 0.05) is 23.3 Å². The highest BCUT2D eigenvalue weighted by Gasteiger charge is 2.31. The molecule has 0 aromatic heterocycles. The lowest BCUT2D eigenvalue weighted by molar-refractivity contribution is 0.0944. The first-order chi connectivity index (χ1) is 9.63. The molecule has 0 spiro atoms. The Balaban J connectivity index is 1.97. The number of urea groups is 1. The van der Waals surface area contributed by atoms with E-state index in [9.17, 15) is 9.90 Å². The Morgan fingerprint density at radius 2 is 1.95 bits per heavy atom. The second-order valence-electron chi connectivity index (χ2n) is 5.64. The molecule has 1 aromatic rings. The molecule has 0 heterocycles. The number of hydrogen-bond acceptors (Lipinski definition) is 3. The lowest BCUT2D eigenvalue weighted by atomic mass is 9.74. The van der Waals surface area contributed by atoms with Crippen molar-refractivity contribution in [1.82, 2.24) is 0 Å². The lowest BCUT2D eigenvalue weighted by Crippen LogP contribution is -2.35. The SMILES string of the molecule is NC(=O)Nc1cccc(NCC2(CO)CCCCC2)c1. The first kappa shape index (κ1) is 14.7. The molecule has 0 saturated heterocycles. The van der Waals surface area contributed by atoms with Gasteiger partial charge in [0.2, 0.25) is 0 Å². The Bertz CT molecular complexity index is 456. The number of aliphatic hydroxyl groups is 1. The molecule has 1 saturated carbocycles. The highest BCUT2D eigenvalue weighted by atomic mass is 16.3. The summed E-state index contributed by atoms with van der Waals surface area (Å²) in [5.74, 6) is 0. The number of carbonyl (C=O) groups is 1. The molecule has 20 heavy (non-hydrogen) atoms. The van der Waals surface area contributed by atoms with Gasteiger partial charge in [-0.3, -0.25) is 0 Å². The molecule has 5 nitrogen and oxygen atoms in total. The summed E-state index contributed by atoms with van der Waals surface area (Å²) in [5.41, 5.74) is 6.69. The zero-order chi connectivity index (χ0) is 14.4. The van der Waals surface area contributed by atoms with Crippen LogP contribution in [0.25, 0.3) is 0 Å². The third-order valence-electron chi connectivity index (χ3n) is 4.05. The molecule has 0 bridgehead atoms. The monoisotopic (exact) mass is 277 g/mol. The Hall–Kier alpha value is -1.75. The van der Waals surface area contributed by atoms with Gasteiger partial charge in [-0.25, -0.2) is 4.79 Å². The fourth-order valence-electron chi connectivity index (χ4n) is 2.83. The largest absolute Gasteiger partial charge is 0.396 e. The maximum absolute atomic E-state index is 10.8. The predicted octanol–water partition coefficient (Wildman–Crippen LogP) is 2.53. The average molecular weight is 277 g/mol. The van der Waals surface area contributed by atoms with Crippen molar-refractivity contribution in [2.75, 3.05) is 23.8 Å². The molecule has 5 N–H and O–H groups in total. The van der Waals surface area contributed by atoms with Crippen LogP contribution < -0.4 is 16.4 Å². The number of primary amides is 1. The van der Waals surface area contributed by atoms with Crippen LogP contribution in [0.3, 0.4) is 0 Å². The van der Waals surface area contributed by atoms with E-state index in [0.717, 1.165) is 25.1 Å². The highest BCUT2D eigenvalue weighted by molar-refractivity contribution is 5.88. The topological polar surface area (TPSA) is 87.4 Å². The molecule has 5 heteroatoms. The molecule has 0 radical (unpaired) electrons. The zero-order valence-corrected chi connectivity index (χ0v) is 11.7. The normalized spacial score (nSPS) is 17.4. The van der Waals surface area contributed by atoms with Gasteiger partial charge in [-0.1, -0.05) is 25.3 Å². The molecule has 0 atom stereocenters. The molecule has 0 unspecified atom stereocenters. The van der Waals surface area contributed by atoms with Crippen LogP contribution in [0.4, 0.5) is 16.2 Å². The zero-order valence-electron chi connectivity index (χ0n) is 11.7. The number of amides is 2. The van der Waals surface area contributed by atoms with E-state index < -0.39 is 6.03 Å². The first-order valence-electron chi connectivity index (χ1n) is 7.15. The van der Waals surface area contributed by atoms with Gasteiger partial charge in [-0.2, -0.15) is 0 Å². The standard InChI is InChI=1S/C15H23N3O2/c16-14(20)18-13-6-4-5-12(9-13)17-10-15(11-19)7-2-1-3-8-15/h4-6,9,17,19H,1-3,7-8,10-11H2,(H3,16,18,20). The highest BCUT2D eigenvalue weighted by Crippen LogP contribution is 2.36. The smallest absolute Gasteiger partial charge is 0.316 e. The number of nitrogens with two attached hydrogens (primary N) is 1. The summed E-state index contributed by atoms with van der Waals surface area (Å²) in [5, 5.41) is 15.6. The van der Waals surface area contributed by atoms with E-state index in [0.29, 0.717) is 5.69 Å². The maximum atomic E-state index is 10.8. The minimum Gasteiger partial charge on any atom is -0.396 e. The number of rotatable bonds is 5. The molecule has 1 aliphatic carbocycles. The maximum Gasteiger partial charge on any atom is 0.316 e. The van der Waals surface area contributed by atoms with E-state index in [4.69, 9.17) is 5.73 Å². The number of nitrogens with one attached hydrogen (secondary N) is 2. The average Bonchev–Trinajstić information content (AvgIpc) is 2.46. The molecule has 1 aliphatic rings. The summed E-state index contributed by atoms with van der Waals surface area (Å²) in [4.78, 5) is 10.8.